The summed E-state index contributed by atoms with van der Waals surface area (Å²) in [6.07, 6.45) is 0. The Hall–Kier alpha value is -3.33. The largest absolute Gasteiger partial charge is 0.324 e. The Kier molecular flexibility index (Phi) is 5.60. The minimum Gasteiger partial charge on any atom is -0.324 e. The van der Waals surface area contributed by atoms with Crippen molar-refractivity contribution < 1.29 is 17.6 Å². The van der Waals surface area contributed by atoms with Crippen LogP contribution in [0.25, 0.3) is 0 Å². The molecule has 0 aliphatic heterocycles. The molecule has 1 N–H and O–H groups in total. The first kappa shape index (κ1) is 20.4. The molecule has 150 valence electrons. The van der Waals surface area contributed by atoms with Gasteiger partial charge in [0.15, 0.2) is 5.03 Å². The van der Waals surface area contributed by atoms with E-state index in [1.165, 1.54) is 12.1 Å². The molecule has 3 aromatic rings. The number of benzene rings is 2. The second-order valence-electron chi connectivity index (χ2n) is 6.49. The maximum absolute atomic E-state index is 13.4. The summed E-state index contributed by atoms with van der Waals surface area (Å²) in [6.45, 7) is 3.28. The van der Waals surface area contributed by atoms with Crippen LogP contribution in [0.2, 0.25) is 0 Å². The predicted octanol–water partition coefficient (Wildman–Crippen LogP) is 2.47. The van der Waals surface area contributed by atoms with Crippen LogP contribution in [-0.2, 0) is 21.2 Å². The van der Waals surface area contributed by atoms with Crippen molar-refractivity contribution in [2.24, 2.45) is 0 Å². The lowest BCUT2D eigenvalue weighted by Gasteiger charge is -2.11. The van der Waals surface area contributed by atoms with E-state index in [0.717, 1.165) is 40.1 Å². The zero-order chi connectivity index (χ0) is 21.2. The first-order chi connectivity index (χ1) is 13.7. The third kappa shape index (κ3) is 4.57. The number of hydrogen-bond acceptors (Lipinski definition) is 5. The first-order valence-corrected chi connectivity index (χ1v) is 10.1. The molecule has 0 bridgehead atoms. The number of nitrogens with one attached hydrogen (secondary N) is 1. The van der Waals surface area contributed by atoms with E-state index in [0.29, 0.717) is 5.69 Å². The third-order valence-corrected chi connectivity index (χ3v) is 5.82. The number of halogens is 1. The maximum Gasteiger partial charge on any atom is 0.267 e. The number of hydrogen-bond donors (Lipinski definition) is 1. The number of nitrogens with zero attached hydrogens (tertiary/aromatic N) is 2. The van der Waals surface area contributed by atoms with E-state index < -0.39 is 38.7 Å². The van der Waals surface area contributed by atoms with Gasteiger partial charge in [-0.25, -0.2) is 17.5 Å². The summed E-state index contributed by atoms with van der Waals surface area (Å²) < 4.78 is 39.5. The van der Waals surface area contributed by atoms with Gasteiger partial charge in [0, 0.05) is 11.8 Å². The van der Waals surface area contributed by atoms with Crippen LogP contribution in [0.3, 0.4) is 0 Å². The molecule has 0 fully saturated rings. The molecule has 29 heavy (non-hydrogen) atoms. The standard InChI is InChI=1S/C20H18FN3O4S/c1-13-6-7-17(14(2)10-13)22-18(25)12-24-20(26)9-8-19(23-24)29(27,28)16-5-3-4-15(21)11-16/h3-11H,12H2,1-2H3,(H,22,25). The summed E-state index contributed by atoms with van der Waals surface area (Å²) in [7, 11) is -4.15. The van der Waals surface area contributed by atoms with Crippen molar-refractivity contribution in [2.45, 2.75) is 30.3 Å². The average molecular weight is 415 g/mol. The van der Waals surface area contributed by atoms with Gasteiger partial charge < -0.3 is 5.32 Å². The van der Waals surface area contributed by atoms with Gasteiger partial charge in [0.1, 0.15) is 12.4 Å². The molecule has 0 radical (unpaired) electrons. The van der Waals surface area contributed by atoms with Crippen LogP contribution in [0.1, 0.15) is 11.1 Å². The number of carbonyl (C=O) groups is 1. The molecule has 7 nitrogen and oxygen atoms in total. The highest BCUT2D eigenvalue weighted by Crippen LogP contribution is 2.19. The van der Waals surface area contributed by atoms with Gasteiger partial charge in [-0.15, -0.1) is 0 Å². The Bertz CT molecular complexity index is 1250. The highest BCUT2D eigenvalue weighted by atomic mass is 32.2. The lowest BCUT2D eigenvalue weighted by atomic mass is 10.1. The molecule has 0 aliphatic carbocycles. The molecule has 2 aromatic carbocycles. The zero-order valence-corrected chi connectivity index (χ0v) is 16.5. The Morgan fingerprint density at radius 2 is 1.86 bits per heavy atom. The number of anilines is 1. The number of sulfone groups is 1. The van der Waals surface area contributed by atoms with Crippen molar-refractivity contribution >= 4 is 21.4 Å². The molecule has 0 unspecified atom stereocenters. The van der Waals surface area contributed by atoms with Gasteiger partial charge in [-0.2, -0.15) is 5.10 Å². The highest BCUT2D eigenvalue weighted by molar-refractivity contribution is 7.91. The van der Waals surface area contributed by atoms with Crippen LogP contribution in [0.5, 0.6) is 0 Å². The molecule has 0 atom stereocenters. The lowest BCUT2D eigenvalue weighted by molar-refractivity contribution is -0.117. The number of rotatable bonds is 5. The van der Waals surface area contributed by atoms with Crippen LogP contribution in [0, 0.1) is 19.7 Å². The van der Waals surface area contributed by atoms with Crippen LogP contribution >= 0.6 is 0 Å². The Labute approximate surface area is 166 Å². The molecule has 1 amide bonds. The van der Waals surface area contributed by atoms with Gasteiger partial charge >= 0.3 is 0 Å². The molecule has 0 spiro atoms. The van der Waals surface area contributed by atoms with Crippen molar-refractivity contribution in [1.82, 2.24) is 9.78 Å². The summed E-state index contributed by atoms with van der Waals surface area (Å²) in [5.74, 6) is -1.25. The second-order valence-corrected chi connectivity index (χ2v) is 8.39. The molecular formula is C20H18FN3O4S. The molecule has 0 aliphatic rings. The minimum atomic E-state index is -4.15. The fraction of sp³-hybridized carbons (Fsp3) is 0.150. The fourth-order valence-electron chi connectivity index (χ4n) is 2.72. The van der Waals surface area contributed by atoms with Crippen LogP contribution < -0.4 is 10.9 Å². The van der Waals surface area contributed by atoms with E-state index in [-0.39, 0.29) is 4.90 Å². The Morgan fingerprint density at radius 3 is 2.55 bits per heavy atom. The van der Waals surface area contributed by atoms with Gasteiger partial charge in [0.25, 0.3) is 5.56 Å². The minimum absolute atomic E-state index is 0.296. The van der Waals surface area contributed by atoms with E-state index >= 15 is 0 Å². The van der Waals surface area contributed by atoms with Gasteiger partial charge in [-0.1, -0.05) is 23.8 Å². The third-order valence-electron chi connectivity index (χ3n) is 4.17. The van der Waals surface area contributed by atoms with Crippen molar-refractivity contribution in [1.29, 1.82) is 0 Å². The molecule has 0 saturated heterocycles. The molecule has 3 rings (SSSR count). The summed E-state index contributed by atoms with van der Waals surface area (Å²) >= 11 is 0. The lowest BCUT2D eigenvalue weighted by Crippen LogP contribution is -2.30. The SMILES string of the molecule is Cc1ccc(NC(=O)Cn2nc(S(=O)(=O)c3cccc(F)c3)ccc2=O)c(C)c1. The van der Waals surface area contributed by atoms with Crippen molar-refractivity contribution in [3.8, 4) is 0 Å². The Balaban J connectivity index is 1.87. The first-order valence-electron chi connectivity index (χ1n) is 8.63. The van der Waals surface area contributed by atoms with E-state index in [9.17, 15) is 22.4 Å². The topological polar surface area (TPSA) is 98.1 Å². The van der Waals surface area contributed by atoms with Crippen LogP contribution in [0.4, 0.5) is 10.1 Å². The van der Waals surface area contributed by atoms with Crippen LogP contribution in [0.15, 0.2) is 69.3 Å². The predicted molar refractivity (Wildman–Crippen MR) is 105 cm³/mol. The highest BCUT2D eigenvalue weighted by Gasteiger charge is 2.21. The number of carbonyl (C=O) groups excluding carboxylic acids is 1. The summed E-state index contributed by atoms with van der Waals surface area (Å²) in [5, 5.41) is 6.02. The number of aryl methyl sites for hydroxylation is 2. The molecular weight excluding hydrogens is 397 g/mol. The van der Waals surface area contributed by atoms with Gasteiger partial charge in [-0.05, 0) is 49.7 Å². The van der Waals surface area contributed by atoms with Crippen molar-refractivity contribution in [2.75, 3.05) is 5.32 Å². The normalized spacial score (nSPS) is 11.3. The fourth-order valence-corrected chi connectivity index (χ4v) is 3.94. The average Bonchev–Trinajstić information content (AvgIpc) is 2.65. The maximum atomic E-state index is 13.4. The van der Waals surface area contributed by atoms with E-state index in [1.54, 1.807) is 6.07 Å². The van der Waals surface area contributed by atoms with E-state index in [2.05, 4.69) is 10.4 Å². The zero-order valence-electron chi connectivity index (χ0n) is 15.7. The second kappa shape index (κ2) is 7.96. The van der Waals surface area contributed by atoms with Crippen molar-refractivity contribution in [3.63, 3.8) is 0 Å². The van der Waals surface area contributed by atoms with E-state index in [1.807, 2.05) is 26.0 Å². The monoisotopic (exact) mass is 415 g/mol. The number of amides is 1. The summed E-state index contributed by atoms with van der Waals surface area (Å²) in [6, 6.07) is 12.0. The van der Waals surface area contributed by atoms with Gasteiger partial charge in [-0.3, -0.25) is 9.59 Å². The molecule has 9 heteroatoms. The molecule has 1 heterocycles. The van der Waals surface area contributed by atoms with Crippen LogP contribution in [-0.4, -0.2) is 24.1 Å². The quantitative estimate of drug-likeness (QED) is 0.690. The number of aromatic nitrogens is 2. The van der Waals surface area contributed by atoms with Gasteiger partial charge in [0.05, 0.1) is 4.90 Å². The smallest absolute Gasteiger partial charge is 0.267 e. The Morgan fingerprint density at radius 1 is 1.10 bits per heavy atom. The molecule has 1 aromatic heterocycles. The van der Waals surface area contributed by atoms with Crippen molar-refractivity contribution in [3.05, 3.63) is 81.9 Å². The van der Waals surface area contributed by atoms with E-state index in [4.69, 9.17) is 0 Å². The summed E-state index contributed by atoms with van der Waals surface area (Å²) in [5.41, 5.74) is 1.82. The van der Waals surface area contributed by atoms with Gasteiger partial charge in [0.2, 0.25) is 15.7 Å². The summed E-state index contributed by atoms with van der Waals surface area (Å²) in [4.78, 5) is 24.1. The molecule has 0 saturated carbocycles.